The Morgan fingerprint density at radius 2 is 2.11 bits per heavy atom. The molecule has 1 aromatic carbocycles. The largest absolute Gasteiger partial charge is 0.352 e. The lowest BCUT2D eigenvalue weighted by molar-refractivity contribution is 0.0952. The van der Waals surface area contributed by atoms with Crippen molar-refractivity contribution in [2.75, 3.05) is 6.54 Å². The van der Waals surface area contributed by atoms with E-state index in [-0.39, 0.29) is 5.91 Å². The number of aromatic nitrogens is 3. The molecule has 2 aromatic rings. The molecule has 1 N–H and O–H groups in total. The van der Waals surface area contributed by atoms with Crippen molar-refractivity contribution in [2.24, 2.45) is 0 Å². The SMILES string of the molecule is O=C(NCCCn1ccnn1)c1ccc(I)cc1. The van der Waals surface area contributed by atoms with Crippen LogP contribution in [0.2, 0.25) is 0 Å². The summed E-state index contributed by atoms with van der Waals surface area (Å²) in [6, 6.07) is 7.50. The Kier molecular flexibility index (Phi) is 4.68. The van der Waals surface area contributed by atoms with Crippen LogP contribution < -0.4 is 5.32 Å². The van der Waals surface area contributed by atoms with Gasteiger partial charge in [-0.1, -0.05) is 5.21 Å². The summed E-state index contributed by atoms with van der Waals surface area (Å²) in [6.45, 7) is 1.39. The Bertz CT molecular complexity index is 495. The number of rotatable bonds is 5. The fourth-order valence-corrected chi connectivity index (χ4v) is 1.86. The van der Waals surface area contributed by atoms with E-state index in [2.05, 4.69) is 38.2 Å². The first-order chi connectivity index (χ1) is 8.75. The van der Waals surface area contributed by atoms with Crippen molar-refractivity contribution >= 4 is 28.5 Å². The molecule has 2 rings (SSSR count). The number of carbonyl (C=O) groups excluding carboxylic acids is 1. The van der Waals surface area contributed by atoms with Crippen LogP contribution in [-0.2, 0) is 6.54 Å². The van der Waals surface area contributed by atoms with Crippen LogP contribution in [0.1, 0.15) is 16.8 Å². The summed E-state index contributed by atoms with van der Waals surface area (Å²) < 4.78 is 2.87. The fraction of sp³-hybridized carbons (Fsp3) is 0.250. The highest BCUT2D eigenvalue weighted by molar-refractivity contribution is 14.1. The molecule has 0 radical (unpaired) electrons. The summed E-state index contributed by atoms with van der Waals surface area (Å²) >= 11 is 2.21. The molecule has 0 bridgehead atoms. The summed E-state index contributed by atoms with van der Waals surface area (Å²) in [7, 11) is 0. The van der Waals surface area contributed by atoms with Gasteiger partial charge in [0.2, 0.25) is 0 Å². The molecule has 94 valence electrons. The van der Waals surface area contributed by atoms with Crippen LogP contribution in [-0.4, -0.2) is 27.4 Å². The van der Waals surface area contributed by atoms with Crippen LogP contribution in [0.4, 0.5) is 0 Å². The number of benzene rings is 1. The molecular weight excluding hydrogens is 343 g/mol. The van der Waals surface area contributed by atoms with E-state index in [1.807, 2.05) is 24.3 Å². The van der Waals surface area contributed by atoms with Gasteiger partial charge in [0.15, 0.2) is 0 Å². The third-order valence-corrected chi connectivity index (χ3v) is 3.15. The average molecular weight is 356 g/mol. The molecule has 1 heterocycles. The van der Waals surface area contributed by atoms with Crippen molar-refractivity contribution in [3.63, 3.8) is 0 Å². The molecular formula is C12H13IN4O. The van der Waals surface area contributed by atoms with Gasteiger partial charge in [-0.3, -0.25) is 9.48 Å². The summed E-state index contributed by atoms with van der Waals surface area (Å²) in [5.74, 6) is -0.0370. The van der Waals surface area contributed by atoms with Gasteiger partial charge in [-0.15, -0.1) is 5.10 Å². The van der Waals surface area contributed by atoms with E-state index in [0.717, 1.165) is 16.5 Å². The topological polar surface area (TPSA) is 59.8 Å². The number of nitrogens with one attached hydrogen (secondary N) is 1. The Morgan fingerprint density at radius 1 is 1.33 bits per heavy atom. The highest BCUT2D eigenvalue weighted by Crippen LogP contribution is 2.06. The molecule has 0 saturated carbocycles. The van der Waals surface area contributed by atoms with Gasteiger partial charge in [-0.25, -0.2) is 0 Å². The van der Waals surface area contributed by atoms with Crippen LogP contribution in [0.25, 0.3) is 0 Å². The van der Waals surface area contributed by atoms with Crippen molar-refractivity contribution < 1.29 is 4.79 Å². The molecule has 0 unspecified atom stereocenters. The number of hydrogen-bond acceptors (Lipinski definition) is 3. The van der Waals surface area contributed by atoms with E-state index in [1.165, 1.54) is 0 Å². The Labute approximate surface area is 119 Å². The third kappa shape index (κ3) is 3.80. The summed E-state index contributed by atoms with van der Waals surface area (Å²) in [5, 5.41) is 10.4. The number of nitrogens with zero attached hydrogens (tertiary/aromatic N) is 3. The van der Waals surface area contributed by atoms with Crippen LogP contribution in [0, 0.1) is 3.57 Å². The number of carbonyl (C=O) groups is 1. The Balaban J connectivity index is 1.73. The molecule has 1 amide bonds. The van der Waals surface area contributed by atoms with Crippen molar-refractivity contribution in [3.8, 4) is 0 Å². The first-order valence-electron chi connectivity index (χ1n) is 5.63. The van der Waals surface area contributed by atoms with Crippen LogP contribution in [0.5, 0.6) is 0 Å². The maximum absolute atomic E-state index is 11.8. The van der Waals surface area contributed by atoms with Crippen molar-refractivity contribution in [1.82, 2.24) is 20.3 Å². The van der Waals surface area contributed by atoms with Gasteiger partial charge in [0.25, 0.3) is 5.91 Å². The second-order valence-corrected chi connectivity index (χ2v) is 5.03. The third-order valence-electron chi connectivity index (χ3n) is 2.43. The zero-order chi connectivity index (χ0) is 12.8. The molecule has 5 nitrogen and oxygen atoms in total. The molecule has 0 saturated heterocycles. The molecule has 0 aliphatic heterocycles. The lowest BCUT2D eigenvalue weighted by Gasteiger charge is -2.05. The lowest BCUT2D eigenvalue weighted by Crippen LogP contribution is -2.25. The van der Waals surface area contributed by atoms with Gasteiger partial charge < -0.3 is 5.32 Å². The molecule has 0 spiro atoms. The molecule has 0 atom stereocenters. The molecule has 0 aliphatic rings. The van der Waals surface area contributed by atoms with E-state index in [0.29, 0.717) is 12.1 Å². The number of aryl methyl sites for hydroxylation is 1. The zero-order valence-electron chi connectivity index (χ0n) is 9.71. The van der Waals surface area contributed by atoms with E-state index < -0.39 is 0 Å². The molecule has 18 heavy (non-hydrogen) atoms. The quantitative estimate of drug-likeness (QED) is 0.656. The Morgan fingerprint density at radius 3 is 2.78 bits per heavy atom. The first kappa shape index (κ1) is 13.0. The Hall–Kier alpha value is -1.44. The monoisotopic (exact) mass is 356 g/mol. The van der Waals surface area contributed by atoms with Crippen molar-refractivity contribution in [3.05, 3.63) is 45.8 Å². The predicted molar refractivity (Wildman–Crippen MR) is 76.1 cm³/mol. The molecule has 0 fully saturated rings. The summed E-state index contributed by atoms with van der Waals surface area (Å²) in [5.41, 5.74) is 0.691. The first-order valence-corrected chi connectivity index (χ1v) is 6.71. The van der Waals surface area contributed by atoms with E-state index in [9.17, 15) is 4.79 Å². The van der Waals surface area contributed by atoms with Crippen molar-refractivity contribution in [2.45, 2.75) is 13.0 Å². The van der Waals surface area contributed by atoms with E-state index in [4.69, 9.17) is 0 Å². The summed E-state index contributed by atoms with van der Waals surface area (Å²) in [6.07, 6.45) is 4.28. The fourth-order valence-electron chi connectivity index (χ4n) is 1.50. The van der Waals surface area contributed by atoms with Gasteiger partial charge >= 0.3 is 0 Å². The number of amides is 1. The van der Waals surface area contributed by atoms with Crippen LogP contribution >= 0.6 is 22.6 Å². The highest BCUT2D eigenvalue weighted by Gasteiger charge is 2.03. The van der Waals surface area contributed by atoms with Gasteiger partial charge in [0.1, 0.15) is 0 Å². The van der Waals surface area contributed by atoms with Crippen LogP contribution in [0.15, 0.2) is 36.7 Å². The predicted octanol–water partition coefficient (Wildman–Crippen LogP) is 1.70. The van der Waals surface area contributed by atoms with Gasteiger partial charge in [-0.05, 0) is 53.3 Å². The number of hydrogen-bond donors (Lipinski definition) is 1. The van der Waals surface area contributed by atoms with Crippen LogP contribution in [0.3, 0.4) is 0 Å². The maximum Gasteiger partial charge on any atom is 0.251 e. The van der Waals surface area contributed by atoms with Gasteiger partial charge in [-0.2, -0.15) is 0 Å². The van der Waals surface area contributed by atoms with Gasteiger partial charge in [0, 0.05) is 28.4 Å². The highest BCUT2D eigenvalue weighted by atomic mass is 127. The minimum atomic E-state index is -0.0370. The molecule has 6 heteroatoms. The second kappa shape index (κ2) is 6.48. The zero-order valence-corrected chi connectivity index (χ0v) is 11.9. The van der Waals surface area contributed by atoms with E-state index in [1.54, 1.807) is 17.1 Å². The van der Waals surface area contributed by atoms with Crippen molar-refractivity contribution in [1.29, 1.82) is 0 Å². The van der Waals surface area contributed by atoms with Gasteiger partial charge in [0.05, 0.1) is 6.20 Å². The maximum atomic E-state index is 11.8. The molecule has 1 aromatic heterocycles. The normalized spacial score (nSPS) is 10.3. The second-order valence-electron chi connectivity index (χ2n) is 3.78. The number of halogens is 1. The average Bonchev–Trinajstić information content (AvgIpc) is 2.88. The minimum Gasteiger partial charge on any atom is -0.352 e. The smallest absolute Gasteiger partial charge is 0.251 e. The standard InChI is InChI=1S/C12H13IN4O/c13-11-4-2-10(3-5-11)12(18)14-6-1-8-17-9-7-15-16-17/h2-5,7,9H,1,6,8H2,(H,14,18). The molecule has 0 aliphatic carbocycles. The minimum absolute atomic E-state index is 0.0370. The lowest BCUT2D eigenvalue weighted by atomic mass is 10.2. The summed E-state index contributed by atoms with van der Waals surface area (Å²) in [4.78, 5) is 11.8. The van der Waals surface area contributed by atoms with E-state index >= 15 is 0 Å².